The van der Waals surface area contributed by atoms with Crippen LogP contribution in [0.2, 0.25) is 5.02 Å². The van der Waals surface area contributed by atoms with Gasteiger partial charge in [0, 0.05) is 36.0 Å². The molecule has 0 saturated heterocycles. The van der Waals surface area contributed by atoms with E-state index < -0.39 is 0 Å². The largest absolute Gasteiger partial charge is 0.339 e. The Kier molecular flexibility index (Phi) is 5.95. The van der Waals surface area contributed by atoms with Crippen molar-refractivity contribution in [3.63, 3.8) is 0 Å². The lowest BCUT2D eigenvalue weighted by molar-refractivity contribution is -0.132. The summed E-state index contributed by atoms with van der Waals surface area (Å²) in [6.07, 6.45) is 3.98. The van der Waals surface area contributed by atoms with Crippen LogP contribution in [0, 0.1) is 6.92 Å². The Morgan fingerprint density at radius 2 is 1.86 bits per heavy atom. The molecule has 1 aromatic heterocycles. The average Bonchev–Trinajstić information content (AvgIpc) is 3.46. The fourth-order valence-corrected chi connectivity index (χ4v) is 3.43. The molecule has 1 amide bonds. The summed E-state index contributed by atoms with van der Waals surface area (Å²) < 4.78 is 5.34. The van der Waals surface area contributed by atoms with Crippen molar-refractivity contribution in [3.8, 4) is 11.4 Å². The zero-order chi connectivity index (χ0) is 20.2. The molecule has 0 radical (unpaired) electrons. The molecular formula is C23H24ClN3O2. The van der Waals surface area contributed by atoms with Crippen molar-refractivity contribution in [2.45, 2.75) is 51.6 Å². The van der Waals surface area contributed by atoms with Crippen LogP contribution in [0.5, 0.6) is 0 Å². The summed E-state index contributed by atoms with van der Waals surface area (Å²) in [6.45, 7) is 2.76. The van der Waals surface area contributed by atoms with Crippen LogP contribution in [0.1, 0.15) is 42.7 Å². The zero-order valence-electron chi connectivity index (χ0n) is 16.5. The summed E-state index contributed by atoms with van der Waals surface area (Å²) >= 11 is 5.91. The maximum absolute atomic E-state index is 12.8. The lowest BCUT2D eigenvalue weighted by atomic mass is 10.1. The summed E-state index contributed by atoms with van der Waals surface area (Å²) in [7, 11) is 0. The third kappa shape index (κ3) is 5.24. The van der Waals surface area contributed by atoms with Crippen LogP contribution in [0.3, 0.4) is 0 Å². The SMILES string of the molecule is Cc1ccc(CN(C(=O)CCCc2nc(-c3ccc(Cl)cc3)no2)C2CC2)cc1. The highest BCUT2D eigenvalue weighted by Crippen LogP contribution is 2.29. The number of amides is 1. The van der Waals surface area contributed by atoms with Crippen LogP contribution in [-0.4, -0.2) is 27.0 Å². The summed E-state index contributed by atoms with van der Waals surface area (Å²) in [5.74, 6) is 1.30. The quantitative estimate of drug-likeness (QED) is 0.512. The molecule has 2 aromatic carbocycles. The van der Waals surface area contributed by atoms with Crippen LogP contribution >= 0.6 is 11.6 Å². The molecule has 0 bridgehead atoms. The van der Waals surface area contributed by atoms with E-state index in [9.17, 15) is 4.79 Å². The molecule has 0 atom stereocenters. The van der Waals surface area contributed by atoms with Crippen LogP contribution in [0.4, 0.5) is 0 Å². The van der Waals surface area contributed by atoms with E-state index in [4.69, 9.17) is 16.1 Å². The molecule has 29 heavy (non-hydrogen) atoms. The van der Waals surface area contributed by atoms with Crippen LogP contribution < -0.4 is 0 Å². The van der Waals surface area contributed by atoms with Gasteiger partial charge in [0.1, 0.15) is 0 Å². The molecule has 4 rings (SSSR count). The van der Waals surface area contributed by atoms with E-state index in [1.54, 1.807) is 12.1 Å². The molecule has 6 heteroatoms. The van der Waals surface area contributed by atoms with Gasteiger partial charge in [-0.3, -0.25) is 4.79 Å². The monoisotopic (exact) mass is 409 g/mol. The predicted octanol–water partition coefficient (Wildman–Crippen LogP) is 5.21. The van der Waals surface area contributed by atoms with E-state index in [1.165, 1.54) is 11.1 Å². The second-order valence-electron chi connectivity index (χ2n) is 7.61. The second-order valence-corrected chi connectivity index (χ2v) is 8.05. The summed E-state index contributed by atoms with van der Waals surface area (Å²) in [4.78, 5) is 19.2. The number of benzene rings is 2. The molecule has 1 aliphatic rings. The molecule has 1 saturated carbocycles. The number of hydrogen-bond acceptors (Lipinski definition) is 4. The maximum Gasteiger partial charge on any atom is 0.226 e. The van der Waals surface area contributed by atoms with E-state index in [0.29, 0.717) is 48.6 Å². The molecule has 1 heterocycles. The van der Waals surface area contributed by atoms with Gasteiger partial charge in [-0.05, 0) is 56.0 Å². The summed E-state index contributed by atoms with van der Waals surface area (Å²) in [6, 6.07) is 16.1. The fraction of sp³-hybridized carbons (Fsp3) is 0.348. The molecule has 1 aliphatic carbocycles. The third-order valence-electron chi connectivity index (χ3n) is 5.13. The number of aryl methyl sites for hydroxylation is 2. The highest BCUT2D eigenvalue weighted by atomic mass is 35.5. The Morgan fingerprint density at radius 3 is 2.55 bits per heavy atom. The minimum absolute atomic E-state index is 0.200. The van der Waals surface area contributed by atoms with Gasteiger partial charge in [-0.1, -0.05) is 46.6 Å². The number of rotatable bonds is 8. The van der Waals surface area contributed by atoms with Crippen molar-refractivity contribution < 1.29 is 9.32 Å². The van der Waals surface area contributed by atoms with Gasteiger partial charge in [0.05, 0.1) is 0 Å². The van der Waals surface area contributed by atoms with Crippen LogP contribution in [0.15, 0.2) is 53.1 Å². The lowest BCUT2D eigenvalue weighted by Gasteiger charge is -2.22. The van der Waals surface area contributed by atoms with Gasteiger partial charge in [0.15, 0.2) is 0 Å². The van der Waals surface area contributed by atoms with Gasteiger partial charge in [-0.25, -0.2) is 0 Å². The van der Waals surface area contributed by atoms with Crippen LogP contribution in [0.25, 0.3) is 11.4 Å². The second kappa shape index (κ2) is 8.78. The minimum Gasteiger partial charge on any atom is -0.339 e. The number of hydrogen-bond donors (Lipinski definition) is 0. The number of halogens is 1. The van der Waals surface area contributed by atoms with Crippen molar-refractivity contribution >= 4 is 17.5 Å². The Bertz CT molecular complexity index is 963. The topological polar surface area (TPSA) is 59.2 Å². The van der Waals surface area contributed by atoms with Crippen molar-refractivity contribution in [2.24, 2.45) is 0 Å². The third-order valence-corrected chi connectivity index (χ3v) is 5.39. The van der Waals surface area contributed by atoms with E-state index in [1.807, 2.05) is 17.0 Å². The Hall–Kier alpha value is -2.66. The number of carbonyl (C=O) groups is 1. The highest BCUT2D eigenvalue weighted by molar-refractivity contribution is 6.30. The standard InChI is InChI=1S/C23H24ClN3O2/c1-16-5-7-17(8-6-16)15-27(20-13-14-20)22(28)4-2-3-21-25-23(26-29-21)18-9-11-19(24)12-10-18/h5-12,20H,2-4,13-15H2,1H3. The minimum atomic E-state index is 0.200. The first-order valence-electron chi connectivity index (χ1n) is 10.0. The first-order chi connectivity index (χ1) is 14.1. The molecule has 0 unspecified atom stereocenters. The van der Waals surface area contributed by atoms with Crippen molar-refractivity contribution in [2.75, 3.05) is 0 Å². The number of nitrogens with zero attached hydrogens (tertiary/aromatic N) is 3. The Labute approximate surface area is 175 Å². The number of aromatic nitrogens is 2. The fourth-order valence-electron chi connectivity index (χ4n) is 3.30. The summed E-state index contributed by atoms with van der Waals surface area (Å²) in [5.41, 5.74) is 3.27. The zero-order valence-corrected chi connectivity index (χ0v) is 17.2. The van der Waals surface area contributed by atoms with Gasteiger partial charge in [0.25, 0.3) is 0 Å². The first kappa shape index (κ1) is 19.6. The highest BCUT2D eigenvalue weighted by Gasteiger charge is 2.32. The molecule has 0 spiro atoms. The van der Waals surface area contributed by atoms with Crippen molar-refractivity contribution in [1.82, 2.24) is 15.0 Å². The predicted molar refractivity (Wildman–Crippen MR) is 112 cm³/mol. The Morgan fingerprint density at radius 1 is 1.14 bits per heavy atom. The normalized spacial score (nSPS) is 13.4. The molecule has 3 aromatic rings. The van der Waals surface area contributed by atoms with E-state index in [0.717, 1.165) is 18.4 Å². The molecule has 5 nitrogen and oxygen atoms in total. The molecular weight excluding hydrogens is 386 g/mol. The number of carbonyl (C=O) groups excluding carboxylic acids is 1. The average molecular weight is 410 g/mol. The van der Waals surface area contributed by atoms with Gasteiger partial charge < -0.3 is 9.42 Å². The smallest absolute Gasteiger partial charge is 0.226 e. The van der Waals surface area contributed by atoms with Crippen molar-refractivity contribution in [3.05, 3.63) is 70.6 Å². The van der Waals surface area contributed by atoms with Crippen molar-refractivity contribution in [1.29, 1.82) is 0 Å². The molecule has 150 valence electrons. The van der Waals surface area contributed by atoms with Crippen LogP contribution in [-0.2, 0) is 17.8 Å². The van der Waals surface area contributed by atoms with Gasteiger partial charge in [-0.15, -0.1) is 0 Å². The van der Waals surface area contributed by atoms with E-state index in [-0.39, 0.29) is 5.91 Å². The summed E-state index contributed by atoms with van der Waals surface area (Å²) in [5, 5.41) is 4.69. The van der Waals surface area contributed by atoms with E-state index in [2.05, 4.69) is 41.3 Å². The molecule has 0 aliphatic heterocycles. The molecule has 0 N–H and O–H groups in total. The Balaban J connectivity index is 1.30. The van der Waals surface area contributed by atoms with Gasteiger partial charge >= 0.3 is 0 Å². The van der Waals surface area contributed by atoms with E-state index >= 15 is 0 Å². The van der Waals surface area contributed by atoms with Gasteiger partial charge in [-0.2, -0.15) is 4.98 Å². The lowest BCUT2D eigenvalue weighted by Crippen LogP contribution is -2.32. The van der Waals surface area contributed by atoms with Gasteiger partial charge in [0.2, 0.25) is 17.6 Å². The maximum atomic E-state index is 12.8. The first-order valence-corrected chi connectivity index (χ1v) is 10.4. The molecule has 1 fully saturated rings.